The third-order valence-corrected chi connectivity index (χ3v) is 6.23. The molecule has 4 heteroatoms. The normalized spacial score (nSPS) is 42.7. The van der Waals surface area contributed by atoms with Crippen LogP contribution >= 0.6 is 0 Å². The van der Waals surface area contributed by atoms with Crippen LogP contribution in [0.4, 0.5) is 0 Å². The molecule has 0 saturated heterocycles. The predicted molar refractivity (Wildman–Crippen MR) is 91.1 cm³/mol. The molecule has 0 aromatic carbocycles. The Morgan fingerprint density at radius 2 is 1.96 bits per heavy atom. The fourth-order valence-electron chi connectivity index (χ4n) is 4.86. The van der Waals surface area contributed by atoms with Gasteiger partial charge in [0.05, 0.1) is 6.10 Å². The summed E-state index contributed by atoms with van der Waals surface area (Å²) in [5.74, 6) is -1.67. The van der Waals surface area contributed by atoms with Crippen molar-refractivity contribution < 1.29 is 19.8 Å². The molecule has 0 radical (unpaired) electrons. The van der Waals surface area contributed by atoms with Gasteiger partial charge in [-0.2, -0.15) is 0 Å². The van der Waals surface area contributed by atoms with Crippen LogP contribution in [-0.4, -0.2) is 33.5 Å². The monoisotopic (exact) mass is 330 g/mol. The summed E-state index contributed by atoms with van der Waals surface area (Å²) in [7, 11) is 0. The molecule has 0 spiro atoms. The second-order valence-electron chi connectivity index (χ2n) is 7.99. The Morgan fingerprint density at radius 1 is 1.33 bits per heavy atom. The standard InChI is InChI=1S/C20H26O4/c1-9(2)12-7-6-10(3)14-15-13(8-11(4)17(15)21)18(22)20(5,24)19(23)16(12)14/h11-12,14,16,19,23-24H,1,3,6-8H2,2,4-5H3/t11-,12-,14+,16-,19-,20+/m0/s1. The van der Waals surface area contributed by atoms with Crippen molar-refractivity contribution in [3.05, 3.63) is 35.5 Å². The average molecular weight is 330 g/mol. The summed E-state index contributed by atoms with van der Waals surface area (Å²) in [6, 6.07) is 0. The van der Waals surface area contributed by atoms with Gasteiger partial charge in [-0.05, 0) is 39.0 Å². The zero-order chi connectivity index (χ0) is 18.0. The van der Waals surface area contributed by atoms with E-state index >= 15 is 0 Å². The molecule has 0 bridgehead atoms. The number of carbonyl (C=O) groups is 2. The Hall–Kier alpha value is -1.52. The highest BCUT2D eigenvalue weighted by Gasteiger charge is 2.57. The van der Waals surface area contributed by atoms with E-state index in [1.807, 2.05) is 13.8 Å². The second kappa shape index (κ2) is 5.50. The largest absolute Gasteiger partial charge is 0.389 e. The smallest absolute Gasteiger partial charge is 0.193 e. The molecule has 6 atom stereocenters. The summed E-state index contributed by atoms with van der Waals surface area (Å²) in [4.78, 5) is 25.7. The number of Topliss-reactive ketones (excluding diaryl/α,β-unsaturated/α-hetero) is 2. The van der Waals surface area contributed by atoms with Crippen LogP contribution < -0.4 is 0 Å². The van der Waals surface area contributed by atoms with Gasteiger partial charge >= 0.3 is 0 Å². The Labute approximate surface area is 142 Å². The number of rotatable bonds is 1. The van der Waals surface area contributed by atoms with E-state index in [2.05, 4.69) is 13.2 Å². The van der Waals surface area contributed by atoms with Crippen molar-refractivity contribution in [1.29, 1.82) is 0 Å². The lowest BCUT2D eigenvalue weighted by Crippen LogP contribution is -2.53. The summed E-state index contributed by atoms with van der Waals surface area (Å²) in [6.07, 6.45) is 0.593. The van der Waals surface area contributed by atoms with E-state index < -0.39 is 23.4 Å². The lowest BCUT2D eigenvalue weighted by Gasteiger charge is -2.44. The molecule has 0 aliphatic heterocycles. The fourth-order valence-corrected chi connectivity index (χ4v) is 4.86. The van der Waals surface area contributed by atoms with Gasteiger partial charge in [0.25, 0.3) is 0 Å². The molecule has 0 heterocycles. The highest BCUT2D eigenvalue weighted by atomic mass is 16.3. The zero-order valence-corrected chi connectivity index (χ0v) is 14.6. The van der Waals surface area contributed by atoms with Gasteiger partial charge in [0.1, 0.15) is 0 Å². The molecule has 2 N–H and O–H groups in total. The summed E-state index contributed by atoms with van der Waals surface area (Å²) in [6.45, 7) is 13.3. The van der Waals surface area contributed by atoms with Crippen molar-refractivity contribution in [3.8, 4) is 0 Å². The van der Waals surface area contributed by atoms with E-state index in [0.29, 0.717) is 17.6 Å². The molecule has 0 unspecified atom stereocenters. The summed E-state index contributed by atoms with van der Waals surface area (Å²) >= 11 is 0. The highest BCUT2D eigenvalue weighted by molar-refractivity contribution is 6.14. The van der Waals surface area contributed by atoms with Gasteiger partial charge in [-0.25, -0.2) is 0 Å². The molecule has 1 fully saturated rings. The number of carbonyl (C=O) groups excluding carboxylic acids is 2. The molecule has 0 amide bonds. The Balaban J connectivity index is 2.25. The predicted octanol–water partition coefficient (Wildman–Crippen LogP) is 2.36. The molecule has 1 saturated carbocycles. The third-order valence-electron chi connectivity index (χ3n) is 6.23. The van der Waals surface area contributed by atoms with Gasteiger partial charge in [0.2, 0.25) is 0 Å². The van der Waals surface area contributed by atoms with Gasteiger partial charge in [0.15, 0.2) is 17.2 Å². The first-order valence-corrected chi connectivity index (χ1v) is 8.64. The van der Waals surface area contributed by atoms with Crippen LogP contribution in [-0.2, 0) is 9.59 Å². The number of hydrogen-bond acceptors (Lipinski definition) is 4. The first kappa shape index (κ1) is 17.3. The van der Waals surface area contributed by atoms with Crippen molar-refractivity contribution in [1.82, 2.24) is 0 Å². The molecule has 4 nitrogen and oxygen atoms in total. The Kier molecular flexibility index (Phi) is 3.97. The SMILES string of the molecule is C=C1CC[C@@H](C(=C)C)[C@H]2[C@H]1C1=C(C[C@H](C)C1=O)C(=O)[C@@](C)(O)[C@H]2O. The molecule has 3 aliphatic rings. The van der Waals surface area contributed by atoms with Crippen LogP contribution in [0.15, 0.2) is 35.5 Å². The summed E-state index contributed by atoms with van der Waals surface area (Å²) in [5.41, 5.74) is 0.771. The number of aliphatic hydroxyl groups is 2. The zero-order valence-electron chi connectivity index (χ0n) is 14.6. The minimum Gasteiger partial charge on any atom is -0.389 e. The first-order chi connectivity index (χ1) is 11.1. The molecule has 3 rings (SSSR count). The molecule has 24 heavy (non-hydrogen) atoms. The van der Waals surface area contributed by atoms with E-state index in [1.165, 1.54) is 6.92 Å². The van der Waals surface area contributed by atoms with Crippen molar-refractivity contribution in [2.75, 3.05) is 0 Å². The fraction of sp³-hybridized carbons (Fsp3) is 0.600. The van der Waals surface area contributed by atoms with Crippen molar-refractivity contribution in [3.63, 3.8) is 0 Å². The van der Waals surface area contributed by atoms with Gasteiger partial charge in [-0.1, -0.05) is 31.2 Å². The second-order valence-corrected chi connectivity index (χ2v) is 7.99. The van der Waals surface area contributed by atoms with E-state index in [4.69, 9.17) is 0 Å². The van der Waals surface area contributed by atoms with Crippen LogP contribution in [0.1, 0.15) is 40.0 Å². The van der Waals surface area contributed by atoms with Gasteiger partial charge in [-0.3, -0.25) is 9.59 Å². The topological polar surface area (TPSA) is 74.6 Å². The summed E-state index contributed by atoms with van der Waals surface area (Å²) < 4.78 is 0. The number of allylic oxidation sites excluding steroid dienone is 3. The maximum Gasteiger partial charge on any atom is 0.193 e. The van der Waals surface area contributed by atoms with Crippen LogP contribution in [0.5, 0.6) is 0 Å². The van der Waals surface area contributed by atoms with Gasteiger partial charge in [-0.15, -0.1) is 0 Å². The molecular formula is C20H26O4. The average Bonchev–Trinajstić information content (AvgIpc) is 2.77. The Morgan fingerprint density at radius 3 is 2.54 bits per heavy atom. The highest BCUT2D eigenvalue weighted by Crippen LogP contribution is 2.53. The van der Waals surface area contributed by atoms with E-state index in [9.17, 15) is 19.8 Å². The maximum absolute atomic E-state index is 12.9. The minimum absolute atomic E-state index is 0.0400. The number of hydrogen-bond donors (Lipinski definition) is 2. The van der Waals surface area contributed by atoms with Crippen LogP contribution in [0.3, 0.4) is 0 Å². The number of ketones is 2. The molecule has 130 valence electrons. The van der Waals surface area contributed by atoms with E-state index in [1.54, 1.807) is 0 Å². The molecule has 0 aromatic heterocycles. The van der Waals surface area contributed by atoms with E-state index in [-0.39, 0.29) is 23.5 Å². The summed E-state index contributed by atoms with van der Waals surface area (Å²) in [5, 5.41) is 21.8. The Bertz CT molecular complexity index is 682. The number of fused-ring (bicyclic) bond motifs is 2. The van der Waals surface area contributed by atoms with E-state index in [0.717, 1.165) is 24.0 Å². The maximum atomic E-state index is 12.9. The van der Waals surface area contributed by atoms with Gasteiger partial charge in [0, 0.05) is 28.9 Å². The lowest BCUT2D eigenvalue weighted by molar-refractivity contribution is -0.151. The third kappa shape index (κ3) is 2.20. The lowest BCUT2D eigenvalue weighted by atomic mass is 9.61. The quantitative estimate of drug-likeness (QED) is 0.724. The first-order valence-electron chi connectivity index (χ1n) is 8.64. The molecular weight excluding hydrogens is 304 g/mol. The molecule has 3 aliphatic carbocycles. The van der Waals surface area contributed by atoms with Crippen molar-refractivity contribution >= 4 is 11.6 Å². The van der Waals surface area contributed by atoms with Crippen molar-refractivity contribution in [2.24, 2.45) is 23.7 Å². The van der Waals surface area contributed by atoms with Crippen LogP contribution in [0, 0.1) is 23.7 Å². The van der Waals surface area contributed by atoms with Crippen LogP contribution in [0.2, 0.25) is 0 Å². The number of aliphatic hydroxyl groups excluding tert-OH is 1. The minimum atomic E-state index is -1.89. The van der Waals surface area contributed by atoms with Gasteiger partial charge < -0.3 is 10.2 Å². The molecule has 0 aromatic rings. The van der Waals surface area contributed by atoms with Crippen LogP contribution in [0.25, 0.3) is 0 Å². The van der Waals surface area contributed by atoms with Crippen molar-refractivity contribution in [2.45, 2.75) is 51.7 Å².